The van der Waals surface area contributed by atoms with E-state index in [1.54, 1.807) is 0 Å². The molecule has 27 heavy (non-hydrogen) atoms. The fourth-order valence-electron chi connectivity index (χ4n) is 2.45. The van der Waals surface area contributed by atoms with E-state index in [1.807, 2.05) is 0 Å². The van der Waals surface area contributed by atoms with Crippen molar-refractivity contribution in [3.8, 4) is 0 Å². The number of nitrogens with zero attached hydrogens (tertiary/aromatic N) is 3. The van der Waals surface area contributed by atoms with Crippen LogP contribution >= 0.6 is 11.6 Å². The van der Waals surface area contributed by atoms with Crippen LogP contribution in [0.1, 0.15) is 33.7 Å². The monoisotopic (exact) mass is 404 g/mol. The Labute approximate surface area is 153 Å². The van der Waals surface area contributed by atoms with Gasteiger partial charge in [0, 0.05) is 11.4 Å². The van der Waals surface area contributed by atoms with Crippen LogP contribution in [0.2, 0.25) is 5.02 Å². The molecule has 0 fully saturated rings. The van der Waals surface area contributed by atoms with Gasteiger partial charge in [0.2, 0.25) is 0 Å². The third-order valence-corrected chi connectivity index (χ3v) is 3.95. The molecule has 0 unspecified atom stereocenters. The second-order valence-corrected chi connectivity index (χ2v) is 5.97. The first kappa shape index (κ1) is 19.0. The van der Waals surface area contributed by atoms with Gasteiger partial charge in [0.25, 0.3) is 12.3 Å². The SMILES string of the molecule is Cc1cc(C(F)F)n2ncc(C(=O)Nc3ccc(Cl)c(C(F)(F)F)c3)c2n1. The van der Waals surface area contributed by atoms with Gasteiger partial charge in [-0.1, -0.05) is 11.6 Å². The van der Waals surface area contributed by atoms with E-state index in [-0.39, 0.29) is 22.6 Å². The number of carbonyl (C=O) groups is 1. The van der Waals surface area contributed by atoms with E-state index in [1.165, 1.54) is 13.0 Å². The Balaban J connectivity index is 1.98. The van der Waals surface area contributed by atoms with Gasteiger partial charge in [0.1, 0.15) is 11.3 Å². The van der Waals surface area contributed by atoms with Crippen molar-refractivity contribution in [1.29, 1.82) is 0 Å². The summed E-state index contributed by atoms with van der Waals surface area (Å²) in [6, 6.07) is 3.98. The van der Waals surface area contributed by atoms with Gasteiger partial charge in [-0.15, -0.1) is 0 Å². The molecular formula is C16H10ClF5N4O. The van der Waals surface area contributed by atoms with Crippen molar-refractivity contribution >= 4 is 28.8 Å². The van der Waals surface area contributed by atoms with Crippen LogP contribution in [0, 0.1) is 6.92 Å². The molecule has 0 bridgehead atoms. The largest absolute Gasteiger partial charge is 0.417 e. The van der Waals surface area contributed by atoms with Crippen molar-refractivity contribution in [3.63, 3.8) is 0 Å². The number of benzene rings is 1. The number of aromatic nitrogens is 3. The molecule has 1 aromatic carbocycles. The molecule has 0 saturated carbocycles. The fourth-order valence-corrected chi connectivity index (χ4v) is 2.67. The van der Waals surface area contributed by atoms with E-state index in [0.717, 1.165) is 22.8 Å². The van der Waals surface area contributed by atoms with Gasteiger partial charge in [0.05, 0.1) is 16.8 Å². The summed E-state index contributed by atoms with van der Waals surface area (Å²) >= 11 is 5.53. The average Bonchev–Trinajstić information content (AvgIpc) is 2.98. The summed E-state index contributed by atoms with van der Waals surface area (Å²) in [6.45, 7) is 1.47. The van der Waals surface area contributed by atoms with Gasteiger partial charge in [0.15, 0.2) is 5.65 Å². The second kappa shape index (κ2) is 6.76. The predicted octanol–water partition coefficient (Wildman–Crippen LogP) is 4.90. The molecule has 0 saturated heterocycles. The molecule has 2 heterocycles. The first-order chi connectivity index (χ1) is 12.6. The number of alkyl halides is 5. The molecule has 1 N–H and O–H groups in total. The molecule has 0 aliphatic heterocycles. The first-order valence-corrected chi connectivity index (χ1v) is 7.77. The summed E-state index contributed by atoms with van der Waals surface area (Å²) in [5, 5.41) is 5.47. The zero-order chi connectivity index (χ0) is 19.9. The first-order valence-electron chi connectivity index (χ1n) is 7.39. The van der Waals surface area contributed by atoms with Crippen molar-refractivity contribution in [2.45, 2.75) is 19.5 Å². The Morgan fingerprint density at radius 1 is 1.26 bits per heavy atom. The maximum Gasteiger partial charge on any atom is 0.417 e. The third kappa shape index (κ3) is 3.70. The molecule has 0 radical (unpaired) electrons. The molecule has 3 rings (SSSR count). The van der Waals surface area contributed by atoms with E-state index >= 15 is 0 Å². The third-order valence-electron chi connectivity index (χ3n) is 3.63. The number of halogens is 6. The van der Waals surface area contributed by atoms with E-state index < -0.39 is 34.8 Å². The number of hydrogen-bond donors (Lipinski definition) is 1. The molecule has 3 aromatic rings. The Kier molecular flexibility index (Phi) is 4.77. The second-order valence-electron chi connectivity index (χ2n) is 5.56. The minimum atomic E-state index is -4.70. The number of rotatable bonds is 3. The molecule has 1 amide bonds. The molecule has 0 atom stereocenters. The Hall–Kier alpha value is -2.75. The highest BCUT2D eigenvalue weighted by Gasteiger charge is 2.33. The standard InChI is InChI=1S/C16H10ClF5N4O/c1-7-4-12(13(18)19)26-14(24-7)9(6-23-26)15(27)25-8-2-3-11(17)10(5-8)16(20,21)22/h2-6,13H,1H3,(H,25,27). The minimum Gasteiger partial charge on any atom is -0.322 e. The van der Waals surface area contributed by atoms with Crippen molar-refractivity contribution < 1.29 is 26.7 Å². The van der Waals surface area contributed by atoms with Gasteiger partial charge in [-0.25, -0.2) is 18.3 Å². The Morgan fingerprint density at radius 2 is 1.96 bits per heavy atom. The van der Waals surface area contributed by atoms with Crippen LogP contribution in [-0.4, -0.2) is 20.5 Å². The van der Waals surface area contributed by atoms with Crippen LogP contribution in [0.5, 0.6) is 0 Å². The van der Waals surface area contributed by atoms with Crippen LogP contribution in [0.4, 0.5) is 27.6 Å². The van der Waals surface area contributed by atoms with E-state index in [0.29, 0.717) is 6.07 Å². The normalized spacial score (nSPS) is 12.0. The highest BCUT2D eigenvalue weighted by molar-refractivity contribution is 6.31. The van der Waals surface area contributed by atoms with Gasteiger partial charge in [-0.05, 0) is 31.2 Å². The molecule has 5 nitrogen and oxygen atoms in total. The number of carbonyl (C=O) groups excluding carboxylic acids is 1. The van der Waals surface area contributed by atoms with Crippen LogP contribution in [0.15, 0.2) is 30.5 Å². The maximum atomic E-state index is 13.1. The number of hydrogen-bond acceptors (Lipinski definition) is 3. The van der Waals surface area contributed by atoms with Gasteiger partial charge in [-0.2, -0.15) is 18.3 Å². The lowest BCUT2D eigenvalue weighted by Gasteiger charge is -2.11. The van der Waals surface area contributed by atoms with Gasteiger partial charge < -0.3 is 5.32 Å². The van der Waals surface area contributed by atoms with Crippen LogP contribution in [0.25, 0.3) is 5.65 Å². The zero-order valence-corrected chi connectivity index (χ0v) is 14.2. The highest BCUT2D eigenvalue weighted by Crippen LogP contribution is 2.36. The topological polar surface area (TPSA) is 59.3 Å². The Bertz CT molecular complexity index is 1030. The van der Waals surface area contributed by atoms with E-state index in [2.05, 4.69) is 15.4 Å². The number of fused-ring (bicyclic) bond motifs is 1. The van der Waals surface area contributed by atoms with Crippen molar-refractivity contribution in [2.75, 3.05) is 5.32 Å². The molecule has 11 heteroatoms. The predicted molar refractivity (Wildman–Crippen MR) is 87.1 cm³/mol. The summed E-state index contributed by atoms with van der Waals surface area (Å²) in [5.74, 6) is -0.848. The average molecular weight is 405 g/mol. The van der Waals surface area contributed by atoms with Crippen LogP contribution in [-0.2, 0) is 6.18 Å². The maximum absolute atomic E-state index is 13.1. The smallest absolute Gasteiger partial charge is 0.322 e. The molecule has 0 spiro atoms. The number of aryl methyl sites for hydroxylation is 1. The fraction of sp³-hybridized carbons (Fsp3) is 0.188. The summed E-state index contributed by atoms with van der Waals surface area (Å²) in [4.78, 5) is 16.4. The number of nitrogens with one attached hydrogen (secondary N) is 1. The molecule has 2 aromatic heterocycles. The molecular weight excluding hydrogens is 395 g/mol. The van der Waals surface area contributed by atoms with E-state index in [9.17, 15) is 26.7 Å². The highest BCUT2D eigenvalue weighted by atomic mass is 35.5. The quantitative estimate of drug-likeness (QED) is 0.632. The lowest BCUT2D eigenvalue weighted by Crippen LogP contribution is -2.14. The van der Waals surface area contributed by atoms with Crippen molar-refractivity contribution in [1.82, 2.24) is 14.6 Å². The summed E-state index contributed by atoms with van der Waals surface area (Å²) in [5.41, 5.74) is -1.80. The number of amides is 1. The van der Waals surface area contributed by atoms with Crippen molar-refractivity contribution in [3.05, 3.63) is 58.0 Å². The number of anilines is 1. The van der Waals surface area contributed by atoms with Crippen LogP contribution in [0.3, 0.4) is 0 Å². The van der Waals surface area contributed by atoms with Gasteiger partial charge >= 0.3 is 6.18 Å². The lowest BCUT2D eigenvalue weighted by molar-refractivity contribution is -0.137. The molecule has 0 aliphatic carbocycles. The van der Waals surface area contributed by atoms with Crippen LogP contribution < -0.4 is 5.32 Å². The van der Waals surface area contributed by atoms with Gasteiger partial charge in [-0.3, -0.25) is 4.79 Å². The van der Waals surface area contributed by atoms with E-state index in [4.69, 9.17) is 11.6 Å². The summed E-state index contributed by atoms with van der Waals surface area (Å²) in [7, 11) is 0. The lowest BCUT2D eigenvalue weighted by atomic mass is 10.2. The Morgan fingerprint density at radius 3 is 2.59 bits per heavy atom. The minimum absolute atomic E-state index is 0.132. The molecule has 142 valence electrons. The summed E-state index contributed by atoms with van der Waals surface area (Å²) in [6.07, 6.45) is -6.54. The zero-order valence-electron chi connectivity index (χ0n) is 13.5. The van der Waals surface area contributed by atoms with Crippen molar-refractivity contribution in [2.24, 2.45) is 0 Å². The summed E-state index contributed by atoms with van der Waals surface area (Å²) < 4.78 is 65.8. The molecule has 0 aliphatic rings.